The molecule has 1 heterocycles. The van der Waals surface area contributed by atoms with Gasteiger partial charge in [-0.2, -0.15) is 0 Å². The summed E-state index contributed by atoms with van der Waals surface area (Å²) in [6.07, 6.45) is 1.35. The Labute approximate surface area is 98.8 Å². The number of rotatable bonds is 3. The largest absolute Gasteiger partial charge is 0.481 e. The highest BCUT2D eigenvalue weighted by molar-refractivity contribution is 6.34. The molecule has 0 atom stereocenters. The number of esters is 1. The minimum atomic E-state index is -0.538. The van der Waals surface area contributed by atoms with E-state index < -0.39 is 5.97 Å². The van der Waals surface area contributed by atoms with Gasteiger partial charge < -0.3 is 9.47 Å². The molecule has 0 aliphatic heterocycles. The fourth-order valence-corrected chi connectivity index (χ4v) is 1.54. The molecule has 4 nitrogen and oxygen atoms in total. The predicted octanol–water partition coefficient (Wildman–Crippen LogP) is 2.56. The molecule has 5 heteroatoms. The van der Waals surface area contributed by atoms with E-state index in [1.165, 1.54) is 20.4 Å². The molecule has 0 saturated carbocycles. The van der Waals surface area contributed by atoms with Gasteiger partial charge in [0.1, 0.15) is 0 Å². The van der Waals surface area contributed by atoms with Crippen molar-refractivity contribution in [1.29, 1.82) is 0 Å². The maximum atomic E-state index is 11.6. The van der Waals surface area contributed by atoms with Gasteiger partial charge in [-0.15, -0.1) is 0 Å². The number of ether oxygens (including phenoxy) is 2. The molecular weight excluding hydrogens is 230 g/mol. The van der Waals surface area contributed by atoms with Crippen molar-refractivity contribution in [3.63, 3.8) is 0 Å². The summed E-state index contributed by atoms with van der Waals surface area (Å²) >= 11 is 5.92. The van der Waals surface area contributed by atoms with Crippen LogP contribution < -0.4 is 4.74 Å². The summed E-state index contributed by atoms with van der Waals surface area (Å²) in [5, 5.41) is 0.214. The van der Waals surface area contributed by atoms with Crippen LogP contribution in [0.5, 0.6) is 5.88 Å². The number of hydrogen-bond acceptors (Lipinski definition) is 4. The minimum Gasteiger partial charge on any atom is -0.481 e. The Morgan fingerprint density at radius 3 is 2.50 bits per heavy atom. The molecule has 1 aromatic heterocycles. The van der Waals surface area contributed by atoms with Gasteiger partial charge >= 0.3 is 5.97 Å². The van der Waals surface area contributed by atoms with Crippen LogP contribution in [-0.2, 0) is 4.74 Å². The van der Waals surface area contributed by atoms with Crippen LogP contribution in [0.2, 0.25) is 5.02 Å². The van der Waals surface area contributed by atoms with Crippen LogP contribution in [0.25, 0.3) is 5.57 Å². The van der Waals surface area contributed by atoms with Crippen LogP contribution in [0, 0.1) is 0 Å². The van der Waals surface area contributed by atoms with Crippen LogP contribution >= 0.6 is 11.6 Å². The summed E-state index contributed by atoms with van der Waals surface area (Å²) in [6.45, 7) is 5.50. The minimum absolute atomic E-state index is 0.214. The number of aromatic nitrogens is 1. The van der Waals surface area contributed by atoms with E-state index in [0.29, 0.717) is 17.0 Å². The zero-order valence-electron chi connectivity index (χ0n) is 9.33. The van der Waals surface area contributed by atoms with Gasteiger partial charge in [-0.1, -0.05) is 18.2 Å². The summed E-state index contributed by atoms with van der Waals surface area (Å²) in [5.74, 6) is -0.235. The average molecular weight is 242 g/mol. The predicted molar refractivity (Wildman–Crippen MR) is 61.8 cm³/mol. The van der Waals surface area contributed by atoms with Gasteiger partial charge in [0.2, 0.25) is 5.88 Å². The van der Waals surface area contributed by atoms with Crippen molar-refractivity contribution in [1.82, 2.24) is 4.98 Å². The van der Waals surface area contributed by atoms with E-state index in [1.54, 1.807) is 6.92 Å². The molecule has 0 aliphatic rings. The van der Waals surface area contributed by atoms with Gasteiger partial charge in [-0.05, 0) is 12.5 Å². The lowest BCUT2D eigenvalue weighted by atomic mass is 10.0. The normalized spacial score (nSPS) is 9.75. The molecule has 0 aromatic carbocycles. The molecule has 0 radical (unpaired) electrons. The molecular formula is C11H12ClNO3. The number of carbonyl (C=O) groups is 1. The highest BCUT2D eigenvalue weighted by Crippen LogP contribution is 2.31. The number of hydrogen-bond donors (Lipinski definition) is 0. The lowest BCUT2D eigenvalue weighted by Crippen LogP contribution is -2.08. The number of nitrogens with zero attached hydrogens (tertiary/aromatic N) is 1. The Bertz CT molecular complexity index is 443. The van der Waals surface area contributed by atoms with Crippen molar-refractivity contribution in [3.05, 3.63) is 28.9 Å². The first-order valence-corrected chi connectivity index (χ1v) is 4.87. The Balaban J connectivity index is 3.54. The van der Waals surface area contributed by atoms with E-state index in [0.717, 1.165) is 0 Å². The van der Waals surface area contributed by atoms with Crippen molar-refractivity contribution in [2.45, 2.75) is 6.92 Å². The highest BCUT2D eigenvalue weighted by atomic mass is 35.5. The molecule has 0 spiro atoms. The SMILES string of the molecule is C=C(C)c1c(OC)ncc(Cl)c1C(=O)OC. The van der Waals surface area contributed by atoms with Crippen LogP contribution in [0.4, 0.5) is 0 Å². The number of allylic oxidation sites excluding steroid dienone is 1. The first kappa shape index (κ1) is 12.5. The third-order valence-corrected chi connectivity index (χ3v) is 2.29. The fraction of sp³-hybridized carbons (Fsp3) is 0.273. The van der Waals surface area contributed by atoms with Gasteiger partial charge in [0, 0.05) is 0 Å². The summed E-state index contributed by atoms with van der Waals surface area (Å²) in [6, 6.07) is 0. The number of pyridine rings is 1. The second-order valence-electron chi connectivity index (χ2n) is 3.14. The zero-order valence-corrected chi connectivity index (χ0v) is 10.1. The van der Waals surface area contributed by atoms with Crippen molar-refractivity contribution < 1.29 is 14.3 Å². The van der Waals surface area contributed by atoms with Crippen molar-refractivity contribution in [2.75, 3.05) is 14.2 Å². The summed E-state index contributed by atoms with van der Waals surface area (Å²) in [7, 11) is 2.75. The summed E-state index contributed by atoms with van der Waals surface area (Å²) in [5.41, 5.74) is 1.33. The Kier molecular flexibility index (Phi) is 3.90. The van der Waals surface area contributed by atoms with Crippen LogP contribution in [0.3, 0.4) is 0 Å². The van der Waals surface area contributed by atoms with Crippen molar-refractivity contribution in [2.24, 2.45) is 0 Å². The molecule has 86 valence electrons. The van der Waals surface area contributed by atoms with E-state index in [2.05, 4.69) is 16.3 Å². The van der Waals surface area contributed by atoms with Crippen LogP contribution in [0.15, 0.2) is 12.8 Å². The molecule has 16 heavy (non-hydrogen) atoms. The Hall–Kier alpha value is -1.55. The second kappa shape index (κ2) is 4.99. The van der Waals surface area contributed by atoms with Crippen molar-refractivity contribution in [3.8, 4) is 5.88 Å². The molecule has 0 N–H and O–H groups in total. The monoisotopic (exact) mass is 241 g/mol. The molecule has 0 saturated heterocycles. The second-order valence-corrected chi connectivity index (χ2v) is 3.54. The van der Waals surface area contributed by atoms with E-state index in [9.17, 15) is 4.79 Å². The standard InChI is InChI=1S/C11H12ClNO3/c1-6(2)8-9(11(14)16-4)7(12)5-13-10(8)15-3/h5H,1H2,2-4H3. The quantitative estimate of drug-likeness (QED) is 0.763. The first-order valence-electron chi connectivity index (χ1n) is 4.49. The third-order valence-electron chi connectivity index (χ3n) is 2.01. The van der Waals surface area contributed by atoms with Gasteiger partial charge in [0.15, 0.2) is 0 Å². The number of carbonyl (C=O) groups excluding carboxylic acids is 1. The van der Waals surface area contributed by atoms with E-state index >= 15 is 0 Å². The Morgan fingerprint density at radius 2 is 2.06 bits per heavy atom. The van der Waals surface area contributed by atoms with Crippen molar-refractivity contribution >= 4 is 23.1 Å². The smallest absolute Gasteiger partial charge is 0.340 e. The highest BCUT2D eigenvalue weighted by Gasteiger charge is 2.21. The van der Waals surface area contributed by atoms with Crippen LogP contribution in [0.1, 0.15) is 22.8 Å². The van der Waals surface area contributed by atoms with E-state index in [1.807, 2.05) is 0 Å². The molecule has 0 bridgehead atoms. The molecule has 0 amide bonds. The lowest BCUT2D eigenvalue weighted by Gasteiger charge is -2.12. The lowest BCUT2D eigenvalue weighted by molar-refractivity contribution is 0.0600. The summed E-state index contributed by atoms with van der Waals surface area (Å²) < 4.78 is 9.72. The first-order chi connectivity index (χ1) is 7.52. The maximum absolute atomic E-state index is 11.6. The zero-order chi connectivity index (χ0) is 12.3. The van der Waals surface area contributed by atoms with E-state index in [4.69, 9.17) is 16.3 Å². The van der Waals surface area contributed by atoms with E-state index in [-0.39, 0.29) is 10.6 Å². The molecule has 0 aliphatic carbocycles. The third kappa shape index (κ3) is 2.17. The van der Waals surface area contributed by atoms with Crippen LogP contribution in [-0.4, -0.2) is 25.2 Å². The van der Waals surface area contributed by atoms with Gasteiger partial charge in [-0.25, -0.2) is 9.78 Å². The topological polar surface area (TPSA) is 48.4 Å². The average Bonchev–Trinajstić information content (AvgIpc) is 2.27. The fourth-order valence-electron chi connectivity index (χ4n) is 1.32. The Morgan fingerprint density at radius 1 is 1.44 bits per heavy atom. The van der Waals surface area contributed by atoms with Gasteiger partial charge in [-0.3, -0.25) is 0 Å². The van der Waals surface area contributed by atoms with Gasteiger partial charge in [0.25, 0.3) is 0 Å². The maximum Gasteiger partial charge on any atom is 0.340 e. The van der Waals surface area contributed by atoms with Gasteiger partial charge in [0.05, 0.1) is 36.6 Å². The number of methoxy groups -OCH3 is 2. The molecule has 1 aromatic rings. The molecule has 0 fully saturated rings. The summed E-state index contributed by atoms with van der Waals surface area (Å²) in [4.78, 5) is 15.6. The molecule has 0 unspecified atom stereocenters. The molecule has 1 rings (SSSR count). The number of halogens is 1.